The van der Waals surface area contributed by atoms with Gasteiger partial charge in [-0.15, -0.1) is 6.58 Å². The number of halogens is 1. The van der Waals surface area contributed by atoms with Crippen molar-refractivity contribution >= 4 is 30.1 Å². The zero-order valence-corrected chi connectivity index (χ0v) is 25.9. The second kappa shape index (κ2) is 12.7. The molecule has 0 spiro atoms. The van der Waals surface area contributed by atoms with Crippen LogP contribution in [0.15, 0.2) is 30.9 Å². The summed E-state index contributed by atoms with van der Waals surface area (Å²) in [7, 11) is 0. The summed E-state index contributed by atoms with van der Waals surface area (Å²) in [5, 5.41) is 12.7. The third-order valence-electron chi connectivity index (χ3n) is 9.12. The first-order valence-corrected chi connectivity index (χ1v) is 15.5. The molecule has 0 aromatic heterocycles. The number of likely N-dealkylation sites (tertiary alicyclic amines) is 1. The Balaban J connectivity index is 1.36. The Morgan fingerprint density at radius 3 is 2.40 bits per heavy atom. The lowest BCUT2D eigenvalue weighted by molar-refractivity contribution is -0.145. The Morgan fingerprint density at radius 1 is 1.09 bits per heavy atom. The average molecular weight is 629 g/mol. The standard InChI is InChI=1S/C32H41FN4O8/c1-5-18-13-24(18)37(30(41)42)27(38)25-14-21(45-31(43)35-15-19-9-8-12-23(33)22(19)17-35)16-36(25)28(39)26(32(2,3)4)34-29(40)44-20-10-6-7-11-20/h5,8-9,12,18,20-21,24-26H,1,6-7,10-11,13-17H2,2-4H3,(H,34,40)(H,41,42). The van der Waals surface area contributed by atoms with Crippen molar-refractivity contribution in [3.8, 4) is 0 Å². The highest BCUT2D eigenvalue weighted by atomic mass is 19.1. The van der Waals surface area contributed by atoms with Crippen molar-refractivity contribution in [1.29, 1.82) is 0 Å². The van der Waals surface area contributed by atoms with Gasteiger partial charge < -0.3 is 24.8 Å². The van der Waals surface area contributed by atoms with Gasteiger partial charge in [-0.2, -0.15) is 0 Å². The van der Waals surface area contributed by atoms with Gasteiger partial charge >= 0.3 is 18.3 Å². The molecule has 5 rings (SSSR count). The summed E-state index contributed by atoms with van der Waals surface area (Å²) in [6.07, 6.45) is 1.09. The fourth-order valence-corrected chi connectivity index (χ4v) is 6.52. The summed E-state index contributed by atoms with van der Waals surface area (Å²) >= 11 is 0. The van der Waals surface area contributed by atoms with Crippen molar-refractivity contribution in [3.05, 3.63) is 47.8 Å². The molecule has 2 heterocycles. The third-order valence-corrected chi connectivity index (χ3v) is 9.12. The molecule has 3 fully saturated rings. The minimum Gasteiger partial charge on any atom is -0.465 e. The first-order chi connectivity index (χ1) is 21.3. The average Bonchev–Trinajstić information content (AvgIpc) is 3.32. The van der Waals surface area contributed by atoms with Crippen LogP contribution in [0.2, 0.25) is 0 Å². The number of hydrogen-bond acceptors (Lipinski definition) is 7. The van der Waals surface area contributed by atoms with E-state index in [0.29, 0.717) is 17.5 Å². The van der Waals surface area contributed by atoms with Gasteiger partial charge in [0.05, 0.1) is 19.1 Å². The normalized spacial score (nSPS) is 24.9. The molecule has 1 saturated heterocycles. The molecule has 13 heteroatoms. The highest BCUT2D eigenvalue weighted by Crippen LogP contribution is 2.39. The molecule has 244 valence electrons. The first-order valence-electron chi connectivity index (χ1n) is 15.5. The molecule has 12 nitrogen and oxygen atoms in total. The molecule has 0 bridgehead atoms. The lowest BCUT2D eigenvalue weighted by Crippen LogP contribution is -2.58. The van der Waals surface area contributed by atoms with Crippen LogP contribution in [0.5, 0.6) is 0 Å². The molecule has 5 unspecified atom stereocenters. The number of ether oxygens (including phenoxy) is 2. The monoisotopic (exact) mass is 628 g/mol. The fourth-order valence-electron chi connectivity index (χ4n) is 6.52. The molecule has 2 N–H and O–H groups in total. The molecular formula is C32H41FN4O8. The van der Waals surface area contributed by atoms with Gasteiger partial charge in [-0.25, -0.2) is 23.7 Å². The Bertz CT molecular complexity index is 1370. The lowest BCUT2D eigenvalue weighted by atomic mass is 9.85. The maximum absolute atomic E-state index is 14.3. The van der Waals surface area contributed by atoms with E-state index < -0.39 is 65.6 Å². The number of rotatable bonds is 7. The number of amides is 5. The van der Waals surface area contributed by atoms with Crippen molar-refractivity contribution in [1.82, 2.24) is 20.0 Å². The molecule has 0 radical (unpaired) electrons. The van der Waals surface area contributed by atoms with E-state index >= 15 is 0 Å². The maximum atomic E-state index is 14.3. The van der Waals surface area contributed by atoms with Crippen molar-refractivity contribution in [2.75, 3.05) is 6.54 Å². The van der Waals surface area contributed by atoms with Crippen LogP contribution in [0.3, 0.4) is 0 Å². The number of alkyl carbamates (subject to hydrolysis) is 1. The van der Waals surface area contributed by atoms with E-state index in [0.717, 1.165) is 30.6 Å². The largest absolute Gasteiger partial charge is 0.465 e. The van der Waals surface area contributed by atoms with Crippen LogP contribution in [-0.4, -0.2) is 86.8 Å². The van der Waals surface area contributed by atoms with Crippen LogP contribution in [0.25, 0.3) is 0 Å². The summed E-state index contributed by atoms with van der Waals surface area (Å²) in [4.78, 5) is 69.6. The van der Waals surface area contributed by atoms with Gasteiger partial charge in [0.2, 0.25) is 5.91 Å². The predicted octanol–water partition coefficient (Wildman–Crippen LogP) is 4.41. The number of benzene rings is 1. The summed E-state index contributed by atoms with van der Waals surface area (Å²) in [5.74, 6) is -2.07. The number of fused-ring (bicyclic) bond motifs is 1. The smallest absolute Gasteiger partial charge is 0.414 e. The van der Waals surface area contributed by atoms with Crippen LogP contribution >= 0.6 is 0 Å². The van der Waals surface area contributed by atoms with Crippen molar-refractivity contribution in [3.63, 3.8) is 0 Å². The minimum atomic E-state index is -1.45. The Labute approximate surface area is 261 Å². The topological polar surface area (TPSA) is 146 Å². The SMILES string of the molecule is C=CC1CC1N(C(=O)O)C(=O)C1CC(OC(=O)N2Cc3cccc(F)c3C2)CN1C(=O)C(NC(=O)OC1CCCC1)C(C)(C)C. The number of nitrogens with zero attached hydrogens (tertiary/aromatic N) is 3. The van der Waals surface area contributed by atoms with Gasteiger partial charge in [0, 0.05) is 18.5 Å². The van der Waals surface area contributed by atoms with Gasteiger partial charge in [-0.05, 0) is 55.1 Å². The van der Waals surface area contributed by atoms with Gasteiger partial charge in [-0.3, -0.25) is 14.5 Å². The number of carboxylic acid groups (broad SMARTS) is 1. The number of carbonyl (C=O) groups is 5. The van der Waals surface area contributed by atoms with Crippen LogP contribution in [-0.2, 0) is 32.2 Å². The fraction of sp³-hybridized carbons (Fsp3) is 0.594. The second-order valence-corrected chi connectivity index (χ2v) is 13.4. The van der Waals surface area contributed by atoms with E-state index in [1.54, 1.807) is 39.0 Å². The third kappa shape index (κ3) is 6.91. The number of carbonyl (C=O) groups excluding carboxylic acids is 4. The van der Waals surface area contributed by atoms with E-state index in [9.17, 15) is 33.5 Å². The van der Waals surface area contributed by atoms with Gasteiger partial charge in [0.1, 0.15) is 30.1 Å². The zero-order chi connectivity index (χ0) is 32.6. The van der Waals surface area contributed by atoms with Crippen LogP contribution in [0, 0.1) is 17.2 Å². The van der Waals surface area contributed by atoms with Gasteiger partial charge in [0.15, 0.2) is 0 Å². The summed E-state index contributed by atoms with van der Waals surface area (Å²) in [6.45, 7) is 8.90. The van der Waals surface area contributed by atoms with Crippen LogP contribution in [0.1, 0.15) is 70.4 Å². The van der Waals surface area contributed by atoms with E-state index in [2.05, 4.69) is 11.9 Å². The van der Waals surface area contributed by atoms with Crippen molar-refractivity contribution in [2.45, 2.75) is 103 Å². The first kappa shape index (κ1) is 32.2. The molecular weight excluding hydrogens is 587 g/mol. The maximum Gasteiger partial charge on any atom is 0.414 e. The molecule has 1 aromatic rings. The molecule has 4 aliphatic rings. The second-order valence-electron chi connectivity index (χ2n) is 13.4. The Morgan fingerprint density at radius 2 is 1.80 bits per heavy atom. The molecule has 5 amide bonds. The quantitative estimate of drug-likeness (QED) is 0.423. The Hall–Kier alpha value is -4.16. The zero-order valence-electron chi connectivity index (χ0n) is 25.9. The van der Waals surface area contributed by atoms with E-state index in [1.165, 1.54) is 15.9 Å². The molecule has 2 saturated carbocycles. The highest BCUT2D eigenvalue weighted by Gasteiger charge is 2.52. The summed E-state index contributed by atoms with van der Waals surface area (Å²) in [6, 6.07) is 1.59. The highest BCUT2D eigenvalue weighted by molar-refractivity contribution is 5.98. The van der Waals surface area contributed by atoms with Gasteiger partial charge in [0.25, 0.3) is 5.91 Å². The van der Waals surface area contributed by atoms with Crippen molar-refractivity contribution < 1.29 is 42.9 Å². The van der Waals surface area contributed by atoms with Gasteiger partial charge in [-0.1, -0.05) is 39.0 Å². The van der Waals surface area contributed by atoms with E-state index in [-0.39, 0.29) is 38.1 Å². The van der Waals surface area contributed by atoms with Crippen molar-refractivity contribution in [2.24, 2.45) is 11.3 Å². The number of hydrogen-bond donors (Lipinski definition) is 2. The molecule has 2 aliphatic heterocycles. The van der Waals surface area contributed by atoms with E-state index in [4.69, 9.17) is 9.47 Å². The summed E-state index contributed by atoms with van der Waals surface area (Å²) in [5.41, 5.74) is 0.231. The van der Waals surface area contributed by atoms with Crippen LogP contribution in [0.4, 0.5) is 18.8 Å². The summed E-state index contributed by atoms with van der Waals surface area (Å²) < 4.78 is 25.6. The molecule has 2 aliphatic carbocycles. The predicted molar refractivity (Wildman–Crippen MR) is 158 cm³/mol. The molecule has 5 atom stereocenters. The molecule has 45 heavy (non-hydrogen) atoms. The van der Waals surface area contributed by atoms with Crippen LogP contribution < -0.4 is 5.32 Å². The number of nitrogens with one attached hydrogen (secondary N) is 1. The van der Waals surface area contributed by atoms with E-state index in [1.807, 2.05) is 0 Å². The minimum absolute atomic E-state index is 0.00903. The Kier molecular flexibility index (Phi) is 9.09. The lowest BCUT2D eigenvalue weighted by Gasteiger charge is -2.36. The molecule has 1 aromatic carbocycles. The number of imide groups is 1.